The zero-order valence-electron chi connectivity index (χ0n) is 7.71. The summed E-state index contributed by atoms with van der Waals surface area (Å²) in [6.07, 6.45) is 4.34. The van der Waals surface area contributed by atoms with Gasteiger partial charge in [0.2, 0.25) is 0 Å². The maximum atomic E-state index is 2.67. The minimum Gasteiger partial charge on any atom is -0.300 e. The van der Waals surface area contributed by atoms with E-state index < -0.39 is 0 Å². The van der Waals surface area contributed by atoms with Crippen molar-refractivity contribution >= 4 is 0 Å². The van der Waals surface area contributed by atoms with E-state index in [2.05, 4.69) is 18.7 Å². The van der Waals surface area contributed by atoms with Crippen LogP contribution in [-0.4, -0.2) is 24.0 Å². The summed E-state index contributed by atoms with van der Waals surface area (Å²) in [7, 11) is 0. The van der Waals surface area contributed by atoms with Gasteiger partial charge in [-0.1, -0.05) is 13.3 Å². The van der Waals surface area contributed by atoms with Crippen molar-refractivity contribution in [3.63, 3.8) is 0 Å². The van der Waals surface area contributed by atoms with Gasteiger partial charge in [-0.25, -0.2) is 0 Å². The Morgan fingerprint density at radius 3 is 2.73 bits per heavy atom. The van der Waals surface area contributed by atoms with Gasteiger partial charge in [-0.05, 0) is 38.1 Å². The Balaban J connectivity index is 2.04. The molecule has 0 radical (unpaired) electrons. The summed E-state index contributed by atoms with van der Waals surface area (Å²) < 4.78 is 0. The van der Waals surface area contributed by atoms with Crippen molar-refractivity contribution in [2.75, 3.05) is 13.1 Å². The van der Waals surface area contributed by atoms with E-state index in [1.807, 2.05) is 0 Å². The lowest BCUT2D eigenvalue weighted by molar-refractivity contribution is 0.00763. The summed E-state index contributed by atoms with van der Waals surface area (Å²) in [5.41, 5.74) is 0. The monoisotopic (exact) mass is 153 g/mol. The number of hydrogen-bond acceptors (Lipinski definition) is 1. The molecule has 0 aromatic rings. The van der Waals surface area contributed by atoms with E-state index in [9.17, 15) is 0 Å². The van der Waals surface area contributed by atoms with Crippen LogP contribution in [0.25, 0.3) is 0 Å². The molecule has 0 aromatic heterocycles. The smallest absolute Gasteiger partial charge is 0.00698 e. The molecular formula is C10H19N. The maximum absolute atomic E-state index is 2.67. The molecule has 0 spiro atoms. The highest BCUT2D eigenvalue weighted by Crippen LogP contribution is 2.37. The highest BCUT2D eigenvalue weighted by molar-refractivity contribution is 4.90. The summed E-state index contributed by atoms with van der Waals surface area (Å²) in [5.74, 6) is 2.10. The number of hydrogen-bond donors (Lipinski definition) is 0. The Morgan fingerprint density at radius 1 is 1.45 bits per heavy atom. The lowest BCUT2D eigenvalue weighted by Crippen LogP contribution is -2.51. The van der Waals surface area contributed by atoms with Crippen LogP contribution in [0.5, 0.6) is 0 Å². The third-order valence-electron chi connectivity index (χ3n) is 3.71. The second-order valence-electron chi connectivity index (χ2n) is 4.30. The summed E-state index contributed by atoms with van der Waals surface area (Å²) in [6.45, 7) is 7.50. The summed E-state index contributed by atoms with van der Waals surface area (Å²) >= 11 is 0. The van der Waals surface area contributed by atoms with Crippen LogP contribution in [0.3, 0.4) is 0 Å². The quantitative estimate of drug-likeness (QED) is 0.558. The molecule has 3 fully saturated rings. The summed E-state index contributed by atoms with van der Waals surface area (Å²) in [4.78, 5) is 2.67. The zero-order chi connectivity index (χ0) is 7.84. The number of rotatable bonds is 1. The molecule has 0 saturated carbocycles. The molecular weight excluding hydrogens is 134 g/mol. The van der Waals surface area contributed by atoms with E-state index in [-0.39, 0.29) is 0 Å². The summed E-state index contributed by atoms with van der Waals surface area (Å²) in [6, 6.07) is 0.886. The molecule has 0 aromatic carbocycles. The van der Waals surface area contributed by atoms with Gasteiger partial charge < -0.3 is 4.90 Å². The molecule has 0 amide bonds. The van der Waals surface area contributed by atoms with Crippen molar-refractivity contribution in [2.24, 2.45) is 11.8 Å². The van der Waals surface area contributed by atoms with Crippen molar-refractivity contribution < 1.29 is 0 Å². The van der Waals surface area contributed by atoms with E-state index in [0.29, 0.717) is 0 Å². The van der Waals surface area contributed by atoms with Gasteiger partial charge in [0.05, 0.1) is 0 Å². The van der Waals surface area contributed by atoms with E-state index >= 15 is 0 Å². The van der Waals surface area contributed by atoms with Crippen molar-refractivity contribution in [3.8, 4) is 0 Å². The summed E-state index contributed by atoms with van der Waals surface area (Å²) in [5, 5.41) is 0. The van der Waals surface area contributed by atoms with Gasteiger partial charge in [0, 0.05) is 12.6 Å². The zero-order valence-corrected chi connectivity index (χ0v) is 7.71. The second kappa shape index (κ2) is 2.78. The lowest BCUT2D eigenvalue weighted by Gasteiger charge is -2.48. The molecule has 3 rings (SSSR count). The average Bonchev–Trinajstić information content (AvgIpc) is 2.05. The first-order chi connectivity index (χ1) is 5.31. The topological polar surface area (TPSA) is 3.24 Å². The highest BCUT2D eigenvalue weighted by atomic mass is 15.2. The Hall–Kier alpha value is -0.0400. The molecule has 0 N–H and O–H groups in total. The third kappa shape index (κ3) is 1.20. The molecule has 3 aliphatic rings. The van der Waals surface area contributed by atoms with Crippen molar-refractivity contribution in [1.82, 2.24) is 4.90 Å². The van der Waals surface area contributed by atoms with Crippen molar-refractivity contribution in [2.45, 2.75) is 39.2 Å². The largest absolute Gasteiger partial charge is 0.300 e. The number of nitrogens with zero attached hydrogens (tertiary/aromatic N) is 1. The predicted molar refractivity (Wildman–Crippen MR) is 47.5 cm³/mol. The molecule has 3 saturated heterocycles. The number of fused-ring (bicyclic) bond motifs is 3. The van der Waals surface area contributed by atoms with Gasteiger partial charge in [0.15, 0.2) is 0 Å². The van der Waals surface area contributed by atoms with E-state index in [0.717, 1.165) is 17.9 Å². The Kier molecular flexibility index (Phi) is 1.92. The van der Waals surface area contributed by atoms with Gasteiger partial charge in [0.1, 0.15) is 0 Å². The molecule has 3 heterocycles. The standard InChI is InChI=1S/C10H19N/c1-3-9-7-11-5-4-10(9)6-8(11)2/h8-10H,3-7H2,1-2H3/t8-,9?,10?/m0/s1. The molecule has 2 bridgehead atoms. The van der Waals surface area contributed by atoms with Crippen molar-refractivity contribution in [3.05, 3.63) is 0 Å². The van der Waals surface area contributed by atoms with Gasteiger partial charge in [-0.15, -0.1) is 0 Å². The Bertz CT molecular complexity index is 144. The van der Waals surface area contributed by atoms with Crippen molar-refractivity contribution in [1.29, 1.82) is 0 Å². The fourth-order valence-electron chi connectivity index (χ4n) is 2.87. The fourth-order valence-corrected chi connectivity index (χ4v) is 2.87. The minimum absolute atomic E-state index is 0.886. The van der Waals surface area contributed by atoms with Crippen LogP contribution < -0.4 is 0 Å². The van der Waals surface area contributed by atoms with Crippen LogP contribution in [0, 0.1) is 11.8 Å². The molecule has 0 aliphatic carbocycles. The minimum atomic E-state index is 0.886. The number of piperidine rings is 3. The van der Waals surface area contributed by atoms with Crippen LogP contribution in [0.15, 0.2) is 0 Å². The molecule has 1 nitrogen and oxygen atoms in total. The van der Waals surface area contributed by atoms with Crippen LogP contribution >= 0.6 is 0 Å². The molecule has 11 heavy (non-hydrogen) atoms. The molecule has 3 aliphatic heterocycles. The SMILES string of the molecule is CCC1CN2CCC1C[C@@H]2C. The molecule has 3 unspecified atom stereocenters. The van der Waals surface area contributed by atoms with Crippen LogP contribution in [0.1, 0.15) is 33.1 Å². The van der Waals surface area contributed by atoms with Crippen LogP contribution in [-0.2, 0) is 0 Å². The fraction of sp³-hybridized carbons (Fsp3) is 1.00. The van der Waals surface area contributed by atoms with Crippen LogP contribution in [0.4, 0.5) is 0 Å². The average molecular weight is 153 g/mol. The molecule has 64 valence electrons. The van der Waals surface area contributed by atoms with E-state index in [4.69, 9.17) is 0 Å². The Labute approximate surface area is 69.8 Å². The van der Waals surface area contributed by atoms with E-state index in [1.165, 1.54) is 32.4 Å². The van der Waals surface area contributed by atoms with E-state index in [1.54, 1.807) is 0 Å². The molecule has 4 atom stereocenters. The normalized spacial score (nSPS) is 49.6. The predicted octanol–water partition coefficient (Wildman–Crippen LogP) is 2.13. The first-order valence-electron chi connectivity index (χ1n) is 5.05. The first kappa shape index (κ1) is 7.60. The third-order valence-corrected chi connectivity index (χ3v) is 3.71. The second-order valence-corrected chi connectivity index (χ2v) is 4.30. The van der Waals surface area contributed by atoms with Gasteiger partial charge >= 0.3 is 0 Å². The molecule has 1 heteroatoms. The maximum Gasteiger partial charge on any atom is 0.00698 e. The highest BCUT2D eigenvalue weighted by Gasteiger charge is 2.36. The Morgan fingerprint density at radius 2 is 2.27 bits per heavy atom. The van der Waals surface area contributed by atoms with Gasteiger partial charge in [-0.2, -0.15) is 0 Å². The lowest BCUT2D eigenvalue weighted by atomic mass is 9.75. The van der Waals surface area contributed by atoms with Crippen LogP contribution in [0.2, 0.25) is 0 Å². The van der Waals surface area contributed by atoms with Gasteiger partial charge in [-0.3, -0.25) is 0 Å². The van der Waals surface area contributed by atoms with Gasteiger partial charge in [0.25, 0.3) is 0 Å². The first-order valence-corrected chi connectivity index (χ1v) is 5.05.